The molecule has 35 heavy (non-hydrogen) atoms. The molecule has 2 saturated heterocycles. The molecule has 4 rings (SSSR count). The SMILES string of the molecule is CC1(C)CCCCC1N1CCC(C#N)(NC(=O)C(CC(=O)N2CCOCC2)CC2CCCCC2)C1. The fourth-order valence-electron chi connectivity index (χ4n) is 7.08. The Morgan fingerprint density at radius 3 is 2.43 bits per heavy atom. The lowest BCUT2D eigenvalue weighted by Crippen LogP contribution is -2.54. The Hall–Kier alpha value is -1.65. The van der Waals surface area contributed by atoms with E-state index in [1.807, 2.05) is 4.90 Å². The van der Waals surface area contributed by atoms with Crippen molar-refractivity contribution in [3.05, 3.63) is 0 Å². The highest BCUT2D eigenvalue weighted by atomic mass is 16.5. The van der Waals surface area contributed by atoms with Crippen molar-refractivity contribution in [2.24, 2.45) is 17.3 Å². The number of carbonyl (C=O) groups excluding carboxylic acids is 2. The Kier molecular flexibility index (Phi) is 8.76. The minimum Gasteiger partial charge on any atom is -0.378 e. The Balaban J connectivity index is 1.43. The summed E-state index contributed by atoms with van der Waals surface area (Å²) in [4.78, 5) is 31.1. The van der Waals surface area contributed by atoms with E-state index in [0.29, 0.717) is 51.2 Å². The van der Waals surface area contributed by atoms with Gasteiger partial charge in [-0.1, -0.05) is 58.8 Å². The summed E-state index contributed by atoms with van der Waals surface area (Å²) in [5.74, 6) is 0.0905. The molecule has 4 aliphatic rings. The molecule has 2 heterocycles. The third kappa shape index (κ3) is 6.57. The van der Waals surface area contributed by atoms with Gasteiger partial charge in [-0.3, -0.25) is 14.5 Å². The standard InChI is InChI=1S/C28H46N4O3/c1-27(2)11-7-6-10-24(27)32-13-12-28(20-29,21-32)30-26(34)23(18-22-8-4-3-5-9-22)19-25(33)31-14-16-35-17-15-31/h22-24H,3-19,21H2,1-2H3,(H,30,34). The summed E-state index contributed by atoms with van der Waals surface area (Å²) in [6.45, 7) is 8.47. The van der Waals surface area contributed by atoms with Gasteiger partial charge in [0.1, 0.15) is 5.54 Å². The maximum Gasteiger partial charge on any atom is 0.224 e. The van der Waals surface area contributed by atoms with E-state index in [-0.39, 0.29) is 29.6 Å². The van der Waals surface area contributed by atoms with Gasteiger partial charge in [0.05, 0.1) is 19.3 Å². The number of nitrogens with zero attached hydrogens (tertiary/aromatic N) is 3. The van der Waals surface area contributed by atoms with E-state index in [1.54, 1.807) is 0 Å². The van der Waals surface area contributed by atoms with Crippen molar-refractivity contribution in [1.82, 2.24) is 15.1 Å². The van der Waals surface area contributed by atoms with E-state index in [4.69, 9.17) is 4.74 Å². The van der Waals surface area contributed by atoms with Crippen LogP contribution in [0.3, 0.4) is 0 Å². The van der Waals surface area contributed by atoms with E-state index >= 15 is 0 Å². The van der Waals surface area contributed by atoms with E-state index in [9.17, 15) is 14.9 Å². The smallest absolute Gasteiger partial charge is 0.224 e. The van der Waals surface area contributed by atoms with Gasteiger partial charge in [0.15, 0.2) is 0 Å². The van der Waals surface area contributed by atoms with Crippen LogP contribution in [0.2, 0.25) is 0 Å². The molecule has 2 amide bonds. The Bertz CT molecular complexity index is 782. The van der Waals surface area contributed by atoms with Crippen LogP contribution >= 0.6 is 0 Å². The van der Waals surface area contributed by atoms with Crippen molar-refractivity contribution in [1.29, 1.82) is 5.26 Å². The molecule has 7 heteroatoms. The van der Waals surface area contributed by atoms with Gasteiger partial charge in [-0.05, 0) is 37.0 Å². The zero-order valence-corrected chi connectivity index (χ0v) is 22.0. The van der Waals surface area contributed by atoms with Gasteiger partial charge in [-0.2, -0.15) is 5.26 Å². The third-order valence-electron chi connectivity index (χ3n) is 9.27. The van der Waals surface area contributed by atoms with Crippen LogP contribution < -0.4 is 5.32 Å². The van der Waals surface area contributed by atoms with Crippen molar-refractivity contribution in [3.63, 3.8) is 0 Å². The third-order valence-corrected chi connectivity index (χ3v) is 9.27. The van der Waals surface area contributed by atoms with Crippen molar-refractivity contribution in [3.8, 4) is 6.07 Å². The lowest BCUT2D eigenvalue weighted by molar-refractivity contribution is -0.140. The lowest BCUT2D eigenvalue weighted by atomic mass is 9.72. The van der Waals surface area contributed by atoms with E-state index in [1.165, 1.54) is 44.9 Å². The number of carbonyl (C=O) groups is 2. The summed E-state index contributed by atoms with van der Waals surface area (Å²) in [7, 11) is 0. The molecule has 3 unspecified atom stereocenters. The highest BCUT2D eigenvalue weighted by Gasteiger charge is 2.46. The number of likely N-dealkylation sites (tertiary alicyclic amines) is 1. The van der Waals surface area contributed by atoms with Gasteiger partial charge in [0.25, 0.3) is 0 Å². The second kappa shape index (κ2) is 11.6. The molecule has 3 atom stereocenters. The van der Waals surface area contributed by atoms with E-state index in [0.717, 1.165) is 25.8 Å². The molecule has 0 radical (unpaired) electrons. The molecule has 7 nitrogen and oxygen atoms in total. The number of hydrogen-bond acceptors (Lipinski definition) is 5. The molecule has 2 aliphatic heterocycles. The first-order valence-electron chi connectivity index (χ1n) is 14.1. The molecule has 0 aromatic heterocycles. The van der Waals surface area contributed by atoms with Gasteiger partial charge < -0.3 is 15.0 Å². The van der Waals surface area contributed by atoms with E-state index < -0.39 is 5.54 Å². The van der Waals surface area contributed by atoms with Crippen LogP contribution in [0.5, 0.6) is 0 Å². The predicted molar refractivity (Wildman–Crippen MR) is 135 cm³/mol. The van der Waals surface area contributed by atoms with Crippen LogP contribution in [0.15, 0.2) is 0 Å². The summed E-state index contributed by atoms with van der Waals surface area (Å²) in [6.07, 6.45) is 12.5. The molecule has 196 valence electrons. The first kappa shape index (κ1) is 26.4. The average Bonchev–Trinajstić information content (AvgIpc) is 3.28. The van der Waals surface area contributed by atoms with Crippen LogP contribution in [0, 0.1) is 28.6 Å². The van der Waals surface area contributed by atoms with E-state index in [2.05, 4.69) is 30.1 Å². The van der Waals surface area contributed by atoms with Crippen LogP contribution in [-0.4, -0.2) is 72.6 Å². The van der Waals surface area contributed by atoms with Crippen molar-refractivity contribution < 1.29 is 14.3 Å². The van der Waals surface area contributed by atoms with Crippen molar-refractivity contribution in [2.75, 3.05) is 39.4 Å². The zero-order valence-electron chi connectivity index (χ0n) is 22.0. The second-order valence-corrected chi connectivity index (χ2v) is 12.3. The molecular weight excluding hydrogens is 440 g/mol. The zero-order chi connectivity index (χ0) is 24.9. The summed E-state index contributed by atoms with van der Waals surface area (Å²) >= 11 is 0. The predicted octanol–water partition coefficient (Wildman–Crippen LogP) is 3.87. The molecule has 0 bridgehead atoms. The highest BCUT2D eigenvalue weighted by Crippen LogP contribution is 2.41. The topological polar surface area (TPSA) is 85.7 Å². The number of nitrogens with one attached hydrogen (secondary N) is 1. The molecule has 0 spiro atoms. The summed E-state index contributed by atoms with van der Waals surface area (Å²) < 4.78 is 5.40. The monoisotopic (exact) mass is 486 g/mol. The van der Waals surface area contributed by atoms with Crippen LogP contribution in [0.4, 0.5) is 0 Å². The number of morpholine rings is 1. The summed E-state index contributed by atoms with van der Waals surface area (Å²) in [5, 5.41) is 13.4. The van der Waals surface area contributed by atoms with Crippen LogP contribution in [0.1, 0.15) is 90.9 Å². The van der Waals surface area contributed by atoms with Gasteiger partial charge >= 0.3 is 0 Å². The van der Waals surface area contributed by atoms with Crippen molar-refractivity contribution in [2.45, 2.75) is 102 Å². The largest absolute Gasteiger partial charge is 0.378 e. The first-order chi connectivity index (χ1) is 16.8. The number of rotatable bonds is 7. The molecule has 4 fully saturated rings. The van der Waals surface area contributed by atoms with Gasteiger partial charge in [0.2, 0.25) is 11.8 Å². The van der Waals surface area contributed by atoms with Gasteiger partial charge in [-0.25, -0.2) is 0 Å². The highest BCUT2D eigenvalue weighted by molar-refractivity contribution is 5.86. The van der Waals surface area contributed by atoms with Gasteiger partial charge in [0, 0.05) is 44.6 Å². The van der Waals surface area contributed by atoms with Crippen LogP contribution in [-0.2, 0) is 14.3 Å². The quantitative estimate of drug-likeness (QED) is 0.590. The van der Waals surface area contributed by atoms with Crippen molar-refractivity contribution >= 4 is 11.8 Å². The Labute approximate surface area is 211 Å². The molecule has 0 aromatic rings. The number of amides is 2. The number of nitriles is 1. The molecule has 1 N–H and O–H groups in total. The van der Waals surface area contributed by atoms with Gasteiger partial charge in [-0.15, -0.1) is 0 Å². The van der Waals surface area contributed by atoms with Crippen LogP contribution in [0.25, 0.3) is 0 Å². The molecule has 2 saturated carbocycles. The Morgan fingerprint density at radius 2 is 1.74 bits per heavy atom. The fraction of sp³-hybridized carbons (Fsp3) is 0.893. The summed E-state index contributed by atoms with van der Waals surface area (Å²) in [6, 6.07) is 2.96. The molecular formula is C28H46N4O3. The Morgan fingerprint density at radius 1 is 1.03 bits per heavy atom. The molecule has 2 aliphatic carbocycles. The maximum atomic E-state index is 13.7. The summed E-state index contributed by atoms with van der Waals surface area (Å²) in [5.41, 5.74) is -0.612. The fourth-order valence-corrected chi connectivity index (χ4v) is 7.08. The first-order valence-corrected chi connectivity index (χ1v) is 14.1. The number of hydrogen-bond donors (Lipinski definition) is 1. The molecule has 0 aromatic carbocycles. The maximum absolute atomic E-state index is 13.7. The average molecular weight is 487 g/mol. The minimum absolute atomic E-state index is 0.0484. The normalized spacial score (nSPS) is 31.0. The number of ether oxygens (including phenoxy) is 1. The second-order valence-electron chi connectivity index (χ2n) is 12.3. The lowest BCUT2D eigenvalue weighted by Gasteiger charge is -2.44. The minimum atomic E-state index is -0.850.